The maximum atomic E-state index is 12.2. The molecule has 1 heterocycles. The molecule has 18 heavy (non-hydrogen) atoms. The van der Waals surface area contributed by atoms with Crippen LogP contribution in [0.25, 0.3) is 0 Å². The van der Waals surface area contributed by atoms with Crippen LogP contribution < -0.4 is 10.0 Å². The molecule has 0 aliphatic carbocycles. The number of nitrogens with one attached hydrogen (secondary N) is 2. The molecule has 0 aliphatic heterocycles. The molecule has 2 N–H and O–H groups in total. The number of hydrogen-bond acceptors (Lipinski definition) is 4. The van der Waals surface area contributed by atoms with Crippen LogP contribution in [0.2, 0.25) is 0 Å². The van der Waals surface area contributed by atoms with Crippen molar-refractivity contribution in [3.05, 3.63) is 17.0 Å². The van der Waals surface area contributed by atoms with Gasteiger partial charge in [0.1, 0.15) is 4.21 Å². The Morgan fingerprint density at radius 2 is 2.00 bits per heavy atom. The zero-order valence-electron chi connectivity index (χ0n) is 11.4. The van der Waals surface area contributed by atoms with Crippen molar-refractivity contribution in [3.8, 4) is 0 Å². The summed E-state index contributed by atoms with van der Waals surface area (Å²) in [6, 6.07) is 3.52. The minimum Gasteiger partial charge on any atom is -0.315 e. The highest BCUT2D eigenvalue weighted by Gasteiger charge is 2.26. The second-order valence-electron chi connectivity index (χ2n) is 4.99. The molecule has 4 nitrogen and oxygen atoms in total. The van der Waals surface area contributed by atoms with Crippen LogP contribution in [0.1, 0.15) is 38.5 Å². The average Bonchev–Trinajstić information content (AvgIpc) is 2.65. The van der Waals surface area contributed by atoms with Crippen LogP contribution in [0.15, 0.2) is 16.3 Å². The van der Waals surface area contributed by atoms with Crippen molar-refractivity contribution < 1.29 is 8.42 Å². The maximum Gasteiger partial charge on any atom is 0.250 e. The second-order valence-corrected chi connectivity index (χ2v) is 8.07. The normalized spacial score (nSPS) is 12.9. The van der Waals surface area contributed by atoms with E-state index in [4.69, 9.17) is 0 Å². The highest BCUT2D eigenvalue weighted by molar-refractivity contribution is 7.91. The predicted octanol–water partition coefficient (Wildman–Crippen LogP) is 2.32. The molecule has 0 spiro atoms. The van der Waals surface area contributed by atoms with Gasteiger partial charge in [0.25, 0.3) is 10.0 Å². The Labute approximate surface area is 114 Å². The van der Waals surface area contributed by atoms with Crippen LogP contribution in [0.4, 0.5) is 0 Å². The lowest BCUT2D eigenvalue weighted by Crippen LogP contribution is -2.42. The quantitative estimate of drug-likeness (QED) is 0.810. The van der Waals surface area contributed by atoms with E-state index in [1.807, 2.05) is 33.9 Å². The molecule has 104 valence electrons. The fraction of sp³-hybridized carbons (Fsp3) is 0.667. The van der Waals surface area contributed by atoms with Gasteiger partial charge in [0.2, 0.25) is 0 Å². The maximum absolute atomic E-state index is 12.2. The molecule has 0 aliphatic rings. The topological polar surface area (TPSA) is 58.2 Å². The summed E-state index contributed by atoms with van der Waals surface area (Å²) in [5.74, 6) is 0. The Morgan fingerprint density at radius 1 is 1.33 bits per heavy atom. The zero-order chi connectivity index (χ0) is 13.8. The van der Waals surface area contributed by atoms with Crippen LogP contribution in [0.5, 0.6) is 0 Å². The van der Waals surface area contributed by atoms with Crippen molar-refractivity contribution in [2.75, 3.05) is 7.05 Å². The molecular formula is C12H22N2O2S2. The van der Waals surface area contributed by atoms with Crippen LogP contribution in [0.3, 0.4) is 0 Å². The molecular weight excluding hydrogens is 268 g/mol. The molecule has 0 saturated heterocycles. The monoisotopic (exact) mass is 290 g/mol. The van der Waals surface area contributed by atoms with E-state index in [2.05, 4.69) is 10.0 Å². The largest absolute Gasteiger partial charge is 0.315 e. The number of rotatable bonds is 7. The molecule has 0 atom stereocenters. The van der Waals surface area contributed by atoms with Crippen molar-refractivity contribution in [1.82, 2.24) is 10.0 Å². The minimum absolute atomic E-state index is 0.386. The van der Waals surface area contributed by atoms with E-state index in [1.54, 1.807) is 6.07 Å². The zero-order valence-corrected chi connectivity index (χ0v) is 13.0. The van der Waals surface area contributed by atoms with Crippen molar-refractivity contribution >= 4 is 21.4 Å². The number of sulfonamides is 1. The summed E-state index contributed by atoms with van der Waals surface area (Å²) >= 11 is 1.31. The van der Waals surface area contributed by atoms with Gasteiger partial charge in [-0.15, -0.1) is 11.3 Å². The Kier molecular flexibility index (Phi) is 5.33. The van der Waals surface area contributed by atoms with Gasteiger partial charge in [0.15, 0.2) is 0 Å². The highest BCUT2D eigenvalue weighted by Crippen LogP contribution is 2.23. The molecule has 6 heteroatoms. The van der Waals surface area contributed by atoms with E-state index < -0.39 is 15.6 Å². The first-order valence-electron chi connectivity index (χ1n) is 6.08. The van der Waals surface area contributed by atoms with Gasteiger partial charge >= 0.3 is 0 Å². The fourth-order valence-corrected chi connectivity index (χ4v) is 4.67. The van der Waals surface area contributed by atoms with Crippen LogP contribution in [-0.2, 0) is 16.6 Å². The molecule has 0 saturated carbocycles. The van der Waals surface area contributed by atoms with Crippen molar-refractivity contribution in [3.63, 3.8) is 0 Å². The third kappa shape index (κ3) is 4.35. The Balaban J connectivity index is 2.85. The lowest BCUT2D eigenvalue weighted by atomic mass is 10.0. The molecule has 1 rings (SSSR count). The van der Waals surface area contributed by atoms with Crippen LogP contribution in [0, 0.1) is 0 Å². The summed E-state index contributed by atoms with van der Waals surface area (Å²) in [4.78, 5) is 1.02. The smallest absolute Gasteiger partial charge is 0.250 e. The van der Waals surface area contributed by atoms with Gasteiger partial charge in [0, 0.05) is 17.0 Å². The fourth-order valence-electron chi connectivity index (χ4n) is 1.86. The van der Waals surface area contributed by atoms with Crippen molar-refractivity contribution in [1.29, 1.82) is 0 Å². The lowest BCUT2D eigenvalue weighted by Gasteiger charge is -2.24. The molecule has 0 radical (unpaired) electrons. The molecule has 0 aromatic carbocycles. The van der Waals surface area contributed by atoms with Crippen LogP contribution in [-0.4, -0.2) is 21.0 Å². The molecule has 0 unspecified atom stereocenters. The van der Waals surface area contributed by atoms with E-state index >= 15 is 0 Å². The Bertz CT molecular complexity index is 478. The number of thiophene rings is 1. The Morgan fingerprint density at radius 3 is 2.56 bits per heavy atom. The summed E-state index contributed by atoms with van der Waals surface area (Å²) in [5, 5.41) is 3.01. The van der Waals surface area contributed by atoms with Gasteiger partial charge < -0.3 is 5.32 Å². The first kappa shape index (κ1) is 15.6. The van der Waals surface area contributed by atoms with Crippen molar-refractivity contribution in [2.24, 2.45) is 0 Å². The first-order chi connectivity index (χ1) is 8.30. The second kappa shape index (κ2) is 6.14. The predicted molar refractivity (Wildman–Crippen MR) is 76.4 cm³/mol. The van der Waals surface area contributed by atoms with Crippen LogP contribution >= 0.6 is 11.3 Å². The van der Waals surface area contributed by atoms with E-state index in [9.17, 15) is 8.42 Å². The first-order valence-corrected chi connectivity index (χ1v) is 8.38. The number of hydrogen-bond donors (Lipinski definition) is 2. The van der Waals surface area contributed by atoms with Gasteiger partial charge in [-0.05, 0) is 39.4 Å². The summed E-state index contributed by atoms with van der Waals surface area (Å²) in [7, 11) is -1.55. The van der Waals surface area contributed by atoms with Gasteiger partial charge in [0.05, 0.1) is 0 Å². The molecule has 0 fully saturated rings. The van der Waals surface area contributed by atoms with E-state index in [0.29, 0.717) is 10.8 Å². The van der Waals surface area contributed by atoms with Gasteiger partial charge in [-0.1, -0.05) is 13.3 Å². The molecule has 1 aromatic heterocycles. The standard InChI is InChI=1S/C12H22N2O2S2/c1-5-8-12(2,3)14-18(15,16)11-7-6-10(17-11)9-13-4/h6-7,13-14H,5,8-9H2,1-4H3. The van der Waals surface area contributed by atoms with Crippen molar-refractivity contribution in [2.45, 2.75) is 49.9 Å². The summed E-state index contributed by atoms with van der Waals surface area (Å²) < 4.78 is 27.6. The molecule has 0 amide bonds. The summed E-state index contributed by atoms with van der Waals surface area (Å²) in [5.41, 5.74) is -0.402. The lowest BCUT2D eigenvalue weighted by molar-refractivity contribution is 0.418. The van der Waals surface area contributed by atoms with E-state index in [1.165, 1.54) is 11.3 Å². The summed E-state index contributed by atoms with van der Waals surface area (Å²) in [6.07, 6.45) is 1.77. The Hall–Kier alpha value is -0.430. The third-order valence-electron chi connectivity index (χ3n) is 2.54. The van der Waals surface area contributed by atoms with Gasteiger partial charge in [-0.25, -0.2) is 13.1 Å². The molecule has 1 aromatic rings. The SMILES string of the molecule is CCCC(C)(C)NS(=O)(=O)c1ccc(CNC)s1. The highest BCUT2D eigenvalue weighted by atomic mass is 32.2. The summed E-state index contributed by atoms with van der Waals surface area (Å²) in [6.45, 7) is 6.57. The van der Waals surface area contributed by atoms with Gasteiger partial charge in [-0.3, -0.25) is 0 Å². The average molecular weight is 290 g/mol. The molecule has 0 bridgehead atoms. The minimum atomic E-state index is -3.40. The van der Waals surface area contributed by atoms with E-state index in [-0.39, 0.29) is 0 Å². The van der Waals surface area contributed by atoms with Gasteiger partial charge in [-0.2, -0.15) is 0 Å². The third-order valence-corrected chi connectivity index (χ3v) is 5.81. The van der Waals surface area contributed by atoms with E-state index in [0.717, 1.165) is 17.7 Å².